The van der Waals surface area contributed by atoms with Crippen molar-refractivity contribution in [1.29, 1.82) is 0 Å². The quantitative estimate of drug-likeness (QED) is 0.634. The summed E-state index contributed by atoms with van der Waals surface area (Å²) in [6.45, 7) is 5.75. The Morgan fingerprint density at radius 2 is 1.93 bits per heavy atom. The van der Waals surface area contributed by atoms with Crippen molar-refractivity contribution >= 4 is 11.5 Å². The smallest absolute Gasteiger partial charge is 0.165 e. The first-order chi connectivity index (χ1) is 14.1. The van der Waals surface area contributed by atoms with Crippen molar-refractivity contribution in [2.24, 2.45) is 0 Å². The molecule has 1 aromatic carbocycles. The Balaban J connectivity index is 1.90. The van der Waals surface area contributed by atoms with Crippen molar-refractivity contribution in [3.8, 4) is 22.6 Å². The van der Waals surface area contributed by atoms with Crippen molar-refractivity contribution < 1.29 is 14.2 Å². The van der Waals surface area contributed by atoms with E-state index in [0.717, 1.165) is 64.9 Å². The van der Waals surface area contributed by atoms with Crippen LogP contribution in [0.2, 0.25) is 0 Å². The van der Waals surface area contributed by atoms with Gasteiger partial charge in [-0.15, -0.1) is 0 Å². The summed E-state index contributed by atoms with van der Waals surface area (Å²) in [6, 6.07) is 8.31. The number of ether oxygens (including phenoxy) is 3. The molecule has 7 heteroatoms. The van der Waals surface area contributed by atoms with Gasteiger partial charge in [0.2, 0.25) is 0 Å². The molecule has 1 aliphatic heterocycles. The van der Waals surface area contributed by atoms with Crippen LogP contribution in [0.3, 0.4) is 0 Å². The van der Waals surface area contributed by atoms with Crippen LogP contribution in [0.25, 0.3) is 16.8 Å². The average molecular weight is 396 g/mol. The highest BCUT2D eigenvalue weighted by molar-refractivity contribution is 5.85. The lowest BCUT2D eigenvalue weighted by Crippen LogP contribution is -2.34. The van der Waals surface area contributed by atoms with E-state index in [1.54, 1.807) is 21.3 Å². The summed E-state index contributed by atoms with van der Waals surface area (Å²) >= 11 is 0. The first-order valence-corrected chi connectivity index (χ1v) is 9.92. The molecule has 0 bridgehead atoms. The number of hydrogen-bond acceptors (Lipinski definition) is 6. The zero-order chi connectivity index (χ0) is 20.5. The third-order valence-corrected chi connectivity index (χ3v) is 5.58. The highest BCUT2D eigenvalue weighted by Crippen LogP contribution is 2.38. The SMILES string of the molecule is COCC1CCCN1c1cc(C)nc2c(-c3ccc(OC)cc3OC)c(C)nn12. The zero-order valence-electron chi connectivity index (χ0n) is 17.7. The molecule has 0 radical (unpaired) electrons. The Morgan fingerprint density at radius 1 is 1.10 bits per heavy atom. The second-order valence-corrected chi connectivity index (χ2v) is 7.46. The zero-order valence-corrected chi connectivity index (χ0v) is 17.7. The van der Waals surface area contributed by atoms with Gasteiger partial charge >= 0.3 is 0 Å². The number of rotatable bonds is 6. The topological polar surface area (TPSA) is 61.1 Å². The first-order valence-electron chi connectivity index (χ1n) is 9.92. The van der Waals surface area contributed by atoms with Crippen molar-refractivity contribution in [3.05, 3.63) is 35.7 Å². The lowest BCUT2D eigenvalue weighted by atomic mass is 10.0. The molecule has 0 N–H and O–H groups in total. The van der Waals surface area contributed by atoms with Gasteiger partial charge in [0.15, 0.2) is 5.65 Å². The van der Waals surface area contributed by atoms with Gasteiger partial charge in [0.25, 0.3) is 0 Å². The number of nitrogens with zero attached hydrogens (tertiary/aromatic N) is 4. The minimum atomic E-state index is 0.355. The van der Waals surface area contributed by atoms with E-state index >= 15 is 0 Å². The second-order valence-electron chi connectivity index (χ2n) is 7.46. The lowest BCUT2D eigenvalue weighted by molar-refractivity contribution is 0.180. The molecule has 0 spiro atoms. The van der Waals surface area contributed by atoms with E-state index in [0.29, 0.717) is 12.6 Å². The molecule has 7 nitrogen and oxygen atoms in total. The predicted molar refractivity (Wildman–Crippen MR) is 113 cm³/mol. The lowest BCUT2D eigenvalue weighted by Gasteiger charge is -2.26. The molecule has 1 unspecified atom stereocenters. The summed E-state index contributed by atoms with van der Waals surface area (Å²) in [6.07, 6.45) is 2.27. The van der Waals surface area contributed by atoms with E-state index in [-0.39, 0.29) is 0 Å². The Labute approximate surface area is 171 Å². The van der Waals surface area contributed by atoms with E-state index in [2.05, 4.69) is 11.0 Å². The fourth-order valence-corrected chi connectivity index (χ4v) is 4.25. The largest absolute Gasteiger partial charge is 0.497 e. The highest BCUT2D eigenvalue weighted by Gasteiger charge is 2.28. The minimum absolute atomic E-state index is 0.355. The molecule has 1 aliphatic rings. The van der Waals surface area contributed by atoms with Gasteiger partial charge in [-0.05, 0) is 38.8 Å². The molecule has 0 saturated carbocycles. The molecule has 1 saturated heterocycles. The number of fused-ring (bicyclic) bond motifs is 1. The van der Waals surface area contributed by atoms with Crippen LogP contribution in [-0.2, 0) is 4.74 Å². The maximum Gasteiger partial charge on any atom is 0.165 e. The Bertz CT molecular complexity index is 1030. The van der Waals surface area contributed by atoms with Crippen LogP contribution in [0, 0.1) is 13.8 Å². The molecular formula is C22H28N4O3. The maximum atomic E-state index is 5.65. The van der Waals surface area contributed by atoms with E-state index in [1.807, 2.05) is 36.6 Å². The number of aromatic nitrogens is 3. The summed E-state index contributed by atoms with van der Waals surface area (Å²) in [5, 5.41) is 4.87. The van der Waals surface area contributed by atoms with Crippen LogP contribution < -0.4 is 14.4 Å². The molecule has 3 heterocycles. The molecule has 154 valence electrons. The number of aryl methyl sites for hydroxylation is 2. The van der Waals surface area contributed by atoms with E-state index in [4.69, 9.17) is 24.3 Å². The van der Waals surface area contributed by atoms with Gasteiger partial charge in [-0.2, -0.15) is 9.61 Å². The fourth-order valence-electron chi connectivity index (χ4n) is 4.25. The highest BCUT2D eigenvalue weighted by atomic mass is 16.5. The summed E-state index contributed by atoms with van der Waals surface area (Å²) in [5.41, 5.74) is 4.65. The van der Waals surface area contributed by atoms with Gasteiger partial charge in [0.1, 0.15) is 17.3 Å². The Hall–Kier alpha value is -2.80. The Kier molecular flexibility index (Phi) is 5.32. The van der Waals surface area contributed by atoms with Crippen molar-refractivity contribution in [2.45, 2.75) is 32.7 Å². The van der Waals surface area contributed by atoms with Gasteiger partial charge in [0, 0.05) is 37.0 Å². The molecular weight excluding hydrogens is 368 g/mol. The molecule has 4 rings (SSSR count). The third kappa shape index (κ3) is 3.40. The van der Waals surface area contributed by atoms with Crippen LogP contribution in [0.15, 0.2) is 24.3 Å². The van der Waals surface area contributed by atoms with Gasteiger partial charge in [-0.25, -0.2) is 4.98 Å². The molecule has 1 atom stereocenters. The summed E-state index contributed by atoms with van der Waals surface area (Å²) in [4.78, 5) is 7.25. The second kappa shape index (κ2) is 7.91. The molecule has 2 aromatic heterocycles. The maximum absolute atomic E-state index is 5.65. The number of anilines is 1. The number of benzene rings is 1. The number of methoxy groups -OCH3 is 3. The fraction of sp³-hybridized carbons (Fsp3) is 0.455. The van der Waals surface area contributed by atoms with Crippen LogP contribution in [0.4, 0.5) is 5.82 Å². The predicted octanol–water partition coefficient (Wildman–Crippen LogP) is 3.65. The van der Waals surface area contributed by atoms with Gasteiger partial charge in [-0.3, -0.25) is 0 Å². The summed E-state index contributed by atoms with van der Waals surface area (Å²) in [7, 11) is 5.08. The van der Waals surface area contributed by atoms with Crippen LogP contribution in [0.5, 0.6) is 11.5 Å². The molecule has 1 fully saturated rings. The molecule has 29 heavy (non-hydrogen) atoms. The molecule has 3 aromatic rings. The van der Waals surface area contributed by atoms with E-state index < -0.39 is 0 Å². The first kappa shape index (κ1) is 19.5. The standard InChI is InChI=1S/C22H28N4O3/c1-14-11-20(25-10-6-7-16(25)13-27-3)26-22(23-14)21(15(2)24-26)18-9-8-17(28-4)12-19(18)29-5/h8-9,11-12,16H,6-7,10,13H2,1-5H3. The minimum Gasteiger partial charge on any atom is -0.497 e. The van der Waals surface area contributed by atoms with Crippen molar-refractivity contribution in [2.75, 3.05) is 39.4 Å². The van der Waals surface area contributed by atoms with Gasteiger partial charge in [-0.1, -0.05) is 0 Å². The Morgan fingerprint density at radius 3 is 2.66 bits per heavy atom. The molecule has 0 amide bonds. The number of hydrogen-bond donors (Lipinski definition) is 0. The van der Waals surface area contributed by atoms with Crippen molar-refractivity contribution in [3.63, 3.8) is 0 Å². The normalized spacial score (nSPS) is 16.6. The van der Waals surface area contributed by atoms with Crippen LogP contribution in [-0.4, -0.2) is 55.1 Å². The van der Waals surface area contributed by atoms with E-state index in [1.165, 1.54) is 0 Å². The van der Waals surface area contributed by atoms with Gasteiger partial charge < -0.3 is 19.1 Å². The molecule has 0 aliphatic carbocycles. The van der Waals surface area contributed by atoms with E-state index in [9.17, 15) is 0 Å². The van der Waals surface area contributed by atoms with Crippen molar-refractivity contribution in [1.82, 2.24) is 14.6 Å². The van der Waals surface area contributed by atoms with Crippen LogP contribution >= 0.6 is 0 Å². The summed E-state index contributed by atoms with van der Waals surface area (Å²) in [5.74, 6) is 2.56. The monoisotopic (exact) mass is 396 g/mol. The third-order valence-electron chi connectivity index (χ3n) is 5.58. The summed E-state index contributed by atoms with van der Waals surface area (Å²) < 4.78 is 18.4. The van der Waals surface area contributed by atoms with Gasteiger partial charge in [0.05, 0.1) is 38.1 Å². The average Bonchev–Trinajstić information content (AvgIpc) is 3.31. The van der Waals surface area contributed by atoms with Crippen LogP contribution in [0.1, 0.15) is 24.2 Å².